The highest BCUT2D eigenvalue weighted by molar-refractivity contribution is 6.21. The lowest BCUT2D eigenvalue weighted by Crippen LogP contribution is -2.38. The molecule has 8 heteroatoms. The minimum absolute atomic E-state index is 0.00566. The zero-order valence-electron chi connectivity index (χ0n) is 24.1. The third-order valence-corrected chi connectivity index (χ3v) is 8.08. The molecule has 1 fully saturated rings. The number of amides is 2. The second kappa shape index (κ2) is 13.0. The SMILES string of the molecule is CN(CCc1ccccn1)CC1CC(c2ccc(CO)cc2)OC(c2ccc(CN3C(=O)c4ccccc4C3=O)cc2)O1. The van der Waals surface area contributed by atoms with Gasteiger partial charge >= 0.3 is 0 Å². The van der Waals surface area contributed by atoms with Crippen LogP contribution in [-0.2, 0) is 29.0 Å². The predicted octanol–water partition coefficient (Wildman–Crippen LogP) is 5.09. The monoisotopic (exact) mass is 577 g/mol. The molecule has 1 N–H and O–H groups in total. The number of rotatable bonds is 10. The molecule has 8 nitrogen and oxygen atoms in total. The molecular formula is C35H35N3O5. The van der Waals surface area contributed by atoms with E-state index in [0.717, 1.165) is 47.5 Å². The highest BCUT2D eigenvalue weighted by Gasteiger charge is 2.35. The number of carbonyl (C=O) groups is 2. The summed E-state index contributed by atoms with van der Waals surface area (Å²) in [6.45, 7) is 1.78. The lowest BCUT2D eigenvalue weighted by Gasteiger charge is -2.38. The van der Waals surface area contributed by atoms with Gasteiger partial charge in [0, 0.05) is 43.4 Å². The Morgan fingerprint density at radius 1 is 0.837 bits per heavy atom. The lowest BCUT2D eigenvalue weighted by atomic mass is 9.99. The van der Waals surface area contributed by atoms with E-state index in [1.54, 1.807) is 24.3 Å². The number of carbonyl (C=O) groups excluding carboxylic acids is 2. The standard InChI is InChI=1S/C35H35N3O5/c1-37(19-17-28-6-4-5-18-36-28)22-29-20-32(26-13-11-25(23-39)12-14-26)43-35(42-29)27-15-9-24(10-16-27)21-38-33(40)30-7-2-3-8-31(30)34(38)41/h2-16,18,29,32,35,39H,17,19-23H2,1H3. The van der Waals surface area contributed by atoms with Crippen molar-refractivity contribution in [1.29, 1.82) is 0 Å². The van der Waals surface area contributed by atoms with Crippen molar-refractivity contribution in [2.75, 3.05) is 20.1 Å². The van der Waals surface area contributed by atoms with E-state index in [4.69, 9.17) is 9.47 Å². The summed E-state index contributed by atoms with van der Waals surface area (Å²) < 4.78 is 13.0. The van der Waals surface area contributed by atoms with E-state index in [-0.39, 0.29) is 37.2 Å². The Morgan fingerprint density at radius 3 is 2.14 bits per heavy atom. The quantitative estimate of drug-likeness (QED) is 0.263. The molecular weight excluding hydrogens is 542 g/mol. The summed E-state index contributed by atoms with van der Waals surface area (Å²) in [4.78, 5) is 33.7. The van der Waals surface area contributed by atoms with Crippen LogP contribution in [0.5, 0.6) is 0 Å². The van der Waals surface area contributed by atoms with Gasteiger partial charge in [0.05, 0.1) is 36.5 Å². The molecule has 0 radical (unpaired) electrons. The molecule has 3 atom stereocenters. The van der Waals surface area contributed by atoms with Gasteiger partial charge in [-0.15, -0.1) is 0 Å². The number of nitrogens with zero attached hydrogens (tertiary/aromatic N) is 3. The molecule has 220 valence electrons. The van der Waals surface area contributed by atoms with E-state index in [1.165, 1.54) is 4.90 Å². The first-order valence-electron chi connectivity index (χ1n) is 14.6. The van der Waals surface area contributed by atoms with Gasteiger partial charge in [0.25, 0.3) is 11.8 Å². The molecule has 1 aromatic heterocycles. The predicted molar refractivity (Wildman–Crippen MR) is 161 cm³/mol. The van der Waals surface area contributed by atoms with Crippen LogP contribution in [0.25, 0.3) is 0 Å². The van der Waals surface area contributed by atoms with Gasteiger partial charge in [-0.1, -0.05) is 66.7 Å². The molecule has 0 aliphatic carbocycles. The average molecular weight is 578 g/mol. The number of pyridine rings is 1. The van der Waals surface area contributed by atoms with Gasteiger partial charge in [-0.05, 0) is 48.0 Å². The first-order chi connectivity index (χ1) is 21.0. The third-order valence-electron chi connectivity index (χ3n) is 8.08. The highest BCUT2D eigenvalue weighted by atomic mass is 16.7. The first kappa shape index (κ1) is 28.9. The molecule has 0 bridgehead atoms. The van der Waals surface area contributed by atoms with Crippen molar-refractivity contribution in [2.45, 2.75) is 44.5 Å². The summed E-state index contributed by atoms with van der Waals surface area (Å²) in [6.07, 6.45) is 2.52. The average Bonchev–Trinajstić information content (AvgIpc) is 3.29. The minimum Gasteiger partial charge on any atom is -0.392 e. The van der Waals surface area contributed by atoms with Crippen molar-refractivity contribution < 1.29 is 24.2 Å². The Labute approximate surface area is 251 Å². The molecule has 43 heavy (non-hydrogen) atoms. The summed E-state index contributed by atoms with van der Waals surface area (Å²) in [5.41, 5.74) is 5.55. The largest absolute Gasteiger partial charge is 0.392 e. The fourth-order valence-corrected chi connectivity index (χ4v) is 5.67. The Hall–Kier alpha value is -4.21. The zero-order chi connectivity index (χ0) is 29.8. The number of hydrogen-bond acceptors (Lipinski definition) is 7. The highest BCUT2D eigenvalue weighted by Crippen LogP contribution is 2.38. The van der Waals surface area contributed by atoms with Crippen molar-refractivity contribution >= 4 is 11.8 Å². The molecule has 2 aliphatic rings. The lowest BCUT2D eigenvalue weighted by molar-refractivity contribution is -0.252. The van der Waals surface area contributed by atoms with Crippen LogP contribution in [0.3, 0.4) is 0 Å². The van der Waals surface area contributed by atoms with Crippen molar-refractivity contribution in [3.05, 3.63) is 136 Å². The van der Waals surface area contributed by atoms with Gasteiger partial charge in [-0.2, -0.15) is 0 Å². The Balaban J connectivity index is 1.15. The number of aliphatic hydroxyl groups excluding tert-OH is 1. The number of aliphatic hydroxyl groups is 1. The Kier molecular flexibility index (Phi) is 8.72. The second-order valence-corrected chi connectivity index (χ2v) is 11.2. The maximum absolute atomic E-state index is 12.8. The van der Waals surface area contributed by atoms with Crippen LogP contribution in [-0.4, -0.2) is 57.9 Å². The molecule has 2 aliphatic heterocycles. The molecule has 3 aromatic carbocycles. The van der Waals surface area contributed by atoms with Crippen LogP contribution in [0.4, 0.5) is 0 Å². The van der Waals surface area contributed by atoms with Gasteiger partial charge in [-0.25, -0.2) is 0 Å². The summed E-state index contributed by atoms with van der Waals surface area (Å²) in [5.74, 6) is -0.539. The molecule has 2 amide bonds. The van der Waals surface area contributed by atoms with Crippen LogP contribution >= 0.6 is 0 Å². The van der Waals surface area contributed by atoms with Crippen LogP contribution in [0, 0.1) is 0 Å². The van der Waals surface area contributed by atoms with E-state index in [9.17, 15) is 14.7 Å². The maximum Gasteiger partial charge on any atom is 0.261 e. The number of fused-ring (bicyclic) bond motifs is 1. The second-order valence-electron chi connectivity index (χ2n) is 11.2. The van der Waals surface area contributed by atoms with Crippen molar-refractivity contribution in [3.63, 3.8) is 0 Å². The number of imide groups is 1. The number of hydrogen-bond donors (Lipinski definition) is 1. The number of benzene rings is 3. The summed E-state index contributed by atoms with van der Waals surface area (Å²) >= 11 is 0. The number of likely N-dealkylation sites (N-methyl/N-ethyl adjacent to an activating group) is 1. The zero-order valence-corrected chi connectivity index (χ0v) is 24.1. The molecule has 1 saturated heterocycles. The molecule has 3 heterocycles. The van der Waals surface area contributed by atoms with E-state index < -0.39 is 6.29 Å². The number of ether oxygens (including phenoxy) is 2. The summed E-state index contributed by atoms with van der Waals surface area (Å²) in [5, 5.41) is 9.49. The molecule has 4 aromatic rings. The van der Waals surface area contributed by atoms with Crippen molar-refractivity contribution in [1.82, 2.24) is 14.8 Å². The van der Waals surface area contributed by atoms with Crippen LogP contribution in [0.1, 0.15) is 67.5 Å². The smallest absolute Gasteiger partial charge is 0.261 e. The van der Waals surface area contributed by atoms with Gasteiger partial charge in [0.15, 0.2) is 6.29 Å². The molecule has 3 unspecified atom stereocenters. The normalized spacial score (nSPS) is 20.1. The first-order valence-corrected chi connectivity index (χ1v) is 14.6. The van der Waals surface area contributed by atoms with Gasteiger partial charge < -0.3 is 19.5 Å². The summed E-state index contributed by atoms with van der Waals surface area (Å²) in [6, 6.07) is 28.5. The van der Waals surface area contributed by atoms with E-state index >= 15 is 0 Å². The van der Waals surface area contributed by atoms with E-state index in [0.29, 0.717) is 17.5 Å². The van der Waals surface area contributed by atoms with Crippen LogP contribution in [0.2, 0.25) is 0 Å². The topological polar surface area (TPSA) is 92.2 Å². The molecule has 6 rings (SSSR count). The summed E-state index contributed by atoms with van der Waals surface area (Å²) in [7, 11) is 2.09. The van der Waals surface area contributed by atoms with Crippen LogP contribution in [0.15, 0.2) is 97.2 Å². The minimum atomic E-state index is -0.584. The van der Waals surface area contributed by atoms with Crippen molar-refractivity contribution in [3.8, 4) is 0 Å². The fourth-order valence-electron chi connectivity index (χ4n) is 5.67. The third kappa shape index (κ3) is 6.58. The van der Waals surface area contributed by atoms with Gasteiger partial charge in [0.2, 0.25) is 0 Å². The number of aromatic nitrogens is 1. The van der Waals surface area contributed by atoms with Gasteiger partial charge in [0.1, 0.15) is 0 Å². The van der Waals surface area contributed by atoms with E-state index in [2.05, 4.69) is 16.9 Å². The van der Waals surface area contributed by atoms with Gasteiger partial charge in [-0.3, -0.25) is 19.5 Å². The Morgan fingerprint density at radius 2 is 1.49 bits per heavy atom. The van der Waals surface area contributed by atoms with Crippen LogP contribution < -0.4 is 0 Å². The Bertz CT molecular complexity index is 1520. The fraction of sp³-hybridized carbons (Fsp3) is 0.286. The maximum atomic E-state index is 12.8. The van der Waals surface area contributed by atoms with Crippen molar-refractivity contribution in [2.24, 2.45) is 0 Å². The molecule has 0 spiro atoms. The van der Waals surface area contributed by atoms with E-state index in [1.807, 2.05) is 72.9 Å². The molecule has 0 saturated carbocycles.